The smallest absolute Gasteiger partial charge is 0.177 e. The predicted octanol–water partition coefficient (Wildman–Crippen LogP) is 1.73. The lowest BCUT2D eigenvalue weighted by molar-refractivity contribution is 0.391. The molecule has 5 N–H and O–H groups in total. The fraction of sp³-hybridized carbons (Fsp3) is 0.571. The number of imidazole rings is 1. The van der Waals surface area contributed by atoms with Gasteiger partial charge in [0, 0.05) is 24.6 Å². The zero-order chi connectivity index (χ0) is 14.1. The molecule has 0 amide bonds. The quantitative estimate of drug-likeness (QED) is 0.792. The van der Waals surface area contributed by atoms with Crippen LogP contribution in [0.4, 0.5) is 11.5 Å². The third-order valence-electron chi connectivity index (χ3n) is 4.02. The number of nitrogens with one attached hydrogen (secondary N) is 1. The van der Waals surface area contributed by atoms with Gasteiger partial charge in [0.1, 0.15) is 5.82 Å². The third-order valence-corrected chi connectivity index (χ3v) is 4.02. The van der Waals surface area contributed by atoms with Gasteiger partial charge in [-0.15, -0.1) is 5.10 Å². The van der Waals surface area contributed by atoms with Gasteiger partial charge < -0.3 is 16.8 Å². The normalized spacial score (nSPS) is 23.1. The van der Waals surface area contributed by atoms with Gasteiger partial charge in [-0.3, -0.25) is 0 Å². The molecule has 0 saturated heterocycles. The molecular weight excluding hydrogens is 252 g/mol. The Bertz CT molecular complexity index is 597. The zero-order valence-electron chi connectivity index (χ0n) is 11.8. The molecule has 1 aliphatic rings. The number of hydrogen-bond acceptors (Lipinski definition) is 5. The maximum atomic E-state index is 5.97. The highest BCUT2D eigenvalue weighted by molar-refractivity contribution is 5.70. The number of nitrogens with zero attached hydrogens (tertiary/aromatic N) is 3. The van der Waals surface area contributed by atoms with Crippen molar-refractivity contribution in [1.29, 1.82) is 0 Å². The highest BCUT2D eigenvalue weighted by atomic mass is 15.3. The van der Waals surface area contributed by atoms with E-state index in [-0.39, 0.29) is 0 Å². The Morgan fingerprint density at radius 3 is 2.80 bits per heavy atom. The lowest BCUT2D eigenvalue weighted by atomic mass is 9.85. The van der Waals surface area contributed by atoms with Crippen molar-refractivity contribution < 1.29 is 0 Å². The number of aromatic nitrogens is 3. The van der Waals surface area contributed by atoms with Crippen molar-refractivity contribution in [2.45, 2.75) is 44.6 Å². The maximum Gasteiger partial charge on any atom is 0.177 e. The van der Waals surface area contributed by atoms with E-state index in [1.807, 2.05) is 12.3 Å². The summed E-state index contributed by atoms with van der Waals surface area (Å²) in [5, 5.41) is 7.61. The third kappa shape index (κ3) is 2.43. The molecule has 6 heteroatoms. The van der Waals surface area contributed by atoms with Gasteiger partial charge in [-0.05, 0) is 32.6 Å². The second kappa shape index (κ2) is 5.28. The molecule has 1 aliphatic carbocycles. The monoisotopic (exact) mass is 274 g/mol. The molecule has 0 radical (unpaired) electrons. The van der Waals surface area contributed by atoms with Crippen LogP contribution in [0, 0.1) is 0 Å². The predicted molar refractivity (Wildman–Crippen MR) is 80.7 cm³/mol. The average molecular weight is 274 g/mol. The number of nitrogens with two attached hydrogens (primary N) is 2. The first-order chi connectivity index (χ1) is 9.67. The van der Waals surface area contributed by atoms with Crippen molar-refractivity contribution in [3.8, 4) is 0 Å². The van der Waals surface area contributed by atoms with Gasteiger partial charge in [0.25, 0.3) is 0 Å². The molecule has 0 spiro atoms. The second-order valence-corrected chi connectivity index (χ2v) is 5.56. The van der Waals surface area contributed by atoms with Crippen LogP contribution in [0.3, 0.4) is 0 Å². The van der Waals surface area contributed by atoms with Crippen LogP contribution in [0.1, 0.15) is 44.2 Å². The molecule has 2 aromatic rings. The summed E-state index contributed by atoms with van der Waals surface area (Å²) in [5.41, 5.74) is 14.7. The number of fused-ring (bicyclic) bond motifs is 1. The summed E-state index contributed by atoms with van der Waals surface area (Å²) < 4.78 is 1.79. The minimum atomic E-state index is 0.356. The van der Waals surface area contributed by atoms with Crippen LogP contribution in [0.2, 0.25) is 0 Å². The number of rotatable bonds is 3. The second-order valence-electron chi connectivity index (χ2n) is 5.56. The molecule has 1 fully saturated rings. The SMILES string of the molecule is CCNc1cc(N)nn2cc([C@H]3CC[C@H](N)CC3)nc12. The van der Waals surface area contributed by atoms with Crippen molar-refractivity contribution in [1.82, 2.24) is 14.6 Å². The average Bonchev–Trinajstić information content (AvgIpc) is 2.83. The van der Waals surface area contributed by atoms with Crippen LogP contribution in [-0.2, 0) is 0 Å². The minimum absolute atomic E-state index is 0.356. The van der Waals surface area contributed by atoms with Crippen LogP contribution < -0.4 is 16.8 Å². The van der Waals surface area contributed by atoms with E-state index in [1.165, 1.54) is 0 Å². The summed E-state index contributed by atoms with van der Waals surface area (Å²) in [6, 6.07) is 2.20. The van der Waals surface area contributed by atoms with Gasteiger partial charge in [0.05, 0.1) is 17.6 Å². The van der Waals surface area contributed by atoms with Crippen LogP contribution in [-0.4, -0.2) is 27.2 Å². The molecule has 1 saturated carbocycles. The van der Waals surface area contributed by atoms with E-state index in [4.69, 9.17) is 16.5 Å². The van der Waals surface area contributed by atoms with Gasteiger partial charge in [-0.2, -0.15) is 0 Å². The Morgan fingerprint density at radius 1 is 1.35 bits per heavy atom. The lowest BCUT2D eigenvalue weighted by Gasteiger charge is -2.24. The Labute approximate surface area is 118 Å². The Hall–Kier alpha value is -1.82. The van der Waals surface area contributed by atoms with E-state index in [9.17, 15) is 0 Å². The molecule has 20 heavy (non-hydrogen) atoms. The zero-order valence-corrected chi connectivity index (χ0v) is 11.8. The molecule has 0 aromatic carbocycles. The Kier molecular flexibility index (Phi) is 3.48. The molecule has 0 aliphatic heterocycles. The van der Waals surface area contributed by atoms with Crippen molar-refractivity contribution in [2.75, 3.05) is 17.6 Å². The summed E-state index contributed by atoms with van der Waals surface area (Å²) in [7, 11) is 0. The van der Waals surface area contributed by atoms with Gasteiger partial charge >= 0.3 is 0 Å². The van der Waals surface area contributed by atoms with E-state index < -0.39 is 0 Å². The maximum absolute atomic E-state index is 5.97. The molecule has 108 valence electrons. The number of nitrogen functional groups attached to an aromatic ring is 1. The molecular formula is C14H22N6. The van der Waals surface area contributed by atoms with Gasteiger partial charge in [0.15, 0.2) is 5.65 Å². The summed E-state index contributed by atoms with van der Waals surface area (Å²) >= 11 is 0. The molecule has 3 rings (SSSR count). The molecule has 0 unspecified atom stereocenters. The standard InChI is InChI=1S/C14H22N6/c1-2-17-11-7-13(16)19-20-8-12(18-14(11)20)9-3-5-10(15)6-4-9/h7-10,17H,2-6,15H2,1H3,(H2,16,19)/t9-,10-. The van der Waals surface area contributed by atoms with Crippen LogP contribution in [0.5, 0.6) is 0 Å². The fourth-order valence-electron chi connectivity index (χ4n) is 2.95. The van der Waals surface area contributed by atoms with E-state index in [2.05, 4.69) is 17.3 Å². The van der Waals surface area contributed by atoms with Gasteiger partial charge in [-0.1, -0.05) is 0 Å². The lowest BCUT2D eigenvalue weighted by Crippen LogP contribution is -2.25. The summed E-state index contributed by atoms with van der Waals surface area (Å²) in [4.78, 5) is 4.76. The van der Waals surface area contributed by atoms with Crippen molar-refractivity contribution in [3.63, 3.8) is 0 Å². The molecule has 2 aromatic heterocycles. The van der Waals surface area contributed by atoms with Gasteiger partial charge in [-0.25, -0.2) is 9.50 Å². The number of anilines is 2. The van der Waals surface area contributed by atoms with Crippen LogP contribution in [0.15, 0.2) is 12.3 Å². The first kappa shape index (κ1) is 13.2. The van der Waals surface area contributed by atoms with E-state index in [1.54, 1.807) is 4.52 Å². The minimum Gasteiger partial charge on any atom is -0.382 e. The highest BCUT2D eigenvalue weighted by Crippen LogP contribution is 2.32. The first-order valence-corrected chi connectivity index (χ1v) is 7.32. The molecule has 2 heterocycles. The molecule has 0 bridgehead atoms. The van der Waals surface area contributed by atoms with Crippen LogP contribution >= 0.6 is 0 Å². The van der Waals surface area contributed by atoms with E-state index in [0.717, 1.165) is 49.3 Å². The van der Waals surface area contributed by atoms with Crippen molar-refractivity contribution in [3.05, 3.63) is 18.0 Å². The van der Waals surface area contributed by atoms with E-state index in [0.29, 0.717) is 17.8 Å². The van der Waals surface area contributed by atoms with E-state index >= 15 is 0 Å². The first-order valence-electron chi connectivity index (χ1n) is 7.32. The summed E-state index contributed by atoms with van der Waals surface area (Å²) in [6.45, 7) is 2.89. The topological polar surface area (TPSA) is 94.3 Å². The largest absolute Gasteiger partial charge is 0.382 e. The highest BCUT2D eigenvalue weighted by Gasteiger charge is 2.23. The van der Waals surface area contributed by atoms with Crippen molar-refractivity contribution in [2.24, 2.45) is 5.73 Å². The van der Waals surface area contributed by atoms with Gasteiger partial charge in [0.2, 0.25) is 0 Å². The summed E-state index contributed by atoms with van der Waals surface area (Å²) in [5.74, 6) is 0.996. The number of hydrogen-bond donors (Lipinski definition) is 3. The van der Waals surface area contributed by atoms with Crippen molar-refractivity contribution >= 4 is 17.2 Å². The molecule has 6 nitrogen and oxygen atoms in total. The van der Waals surface area contributed by atoms with Crippen LogP contribution in [0.25, 0.3) is 5.65 Å². The summed E-state index contributed by atoms with van der Waals surface area (Å²) in [6.07, 6.45) is 6.38. The Morgan fingerprint density at radius 2 is 2.10 bits per heavy atom. The molecule has 0 atom stereocenters. The Balaban J connectivity index is 1.95. The fourth-order valence-corrected chi connectivity index (χ4v) is 2.95.